The van der Waals surface area contributed by atoms with Gasteiger partial charge in [0, 0.05) is 0 Å². The van der Waals surface area contributed by atoms with Crippen LogP contribution in [0.1, 0.15) is 66.7 Å². The summed E-state index contributed by atoms with van der Waals surface area (Å²) in [5.41, 5.74) is -9.91. The van der Waals surface area contributed by atoms with E-state index in [1.807, 2.05) is 0 Å². The van der Waals surface area contributed by atoms with Gasteiger partial charge >= 0.3 is 5.97 Å². The first-order chi connectivity index (χ1) is 17.9. The van der Waals surface area contributed by atoms with Crippen molar-refractivity contribution in [1.29, 1.82) is 0 Å². The zero-order valence-electron chi connectivity index (χ0n) is 24.1. The predicted molar refractivity (Wildman–Crippen MR) is 141 cm³/mol. The second kappa shape index (κ2) is 14.8. The number of ketones is 5. The summed E-state index contributed by atoms with van der Waals surface area (Å²) in [6.07, 6.45) is -1.61. The average molecular weight is 560 g/mol. The zero-order chi connectivity index (χ0) is 30.9. The fraction of sp³-hybridized carbons (Fsp3) is 0.769. The number of hydrogen-bond donors (Lipinski definition) is 7. The number of hydrogen-bond acceptors (Lipinski definition) is 12. The summed E-state index contributed by atoms with van der Waals surface area (Å²) in [6, 6.07) is -3.28. The van der Waals surface area contributed by atoms with Gasteiger partial charge in [0.1, 0.15) is 0 Å². The van der Waals surface area contributed by atoms with Gasteiger partial charge in [-0.1, -0.05) is 33.6 Å². The highest BCUT2D eigenvalue weighted by Crippen LogP contribution is 2.30. The monoisotopic (exact) mass is 559 g/mol. The molecule has 0 fully saturated rings. The average Bonchev–Trinajstić information content (AvgIpc) is 2.89. The maximum Gasteiger partial charge on any atom is 0.344 e. The quantitative estimate of drug-likeness (QED) is 0.0849. The summed E-state index contributed by atoms with van der Waals surface area (Å²) in [5, 5.41) is 50.8. The predicted octanol–water partition coefficient (Wildman–Crippen LogP) is -1.46. The number of aliphatic carboxylic acids is 1. The summed E-state index contributed by atoms with van der Waals surface area (Å²) in [7, 11) is 4.14. The Balaban J connectivity index is 6.74. The van der Waals surface area contributed by atoms with Gasteiger partial charge < -0.3 is 36.4 Å². The van der Waals surface area contributed by atoms with Gasteiger partial charge in [-0.3, -0.25) is 24.0 Å². The van der Waals surface area contributed by atoms with Gasteiger partial charge in [0.05, 0.1) is 31.0 Å². The van der Waals surface area contributed by atoms with Crippen LogP contribution in [0.15, 0.2) is 0 Å². The maximum atomic E-state index is 13.6. The van der Waals surface area contributed by atoms with Gasteiger partial charge in [0.15, 0.2) is 34.3 Å². The van der Waals surface area contributed by atoms with Crippen LogP contribution in [0, 0.1) is 5.92 Å². The molecular weight excluding hydrogens is 514 g/mol. The minimum Gasteiger partial charge on any atom is -0.479 e. The molecule has 0 spiro atoms. The van der Waals surface area contributed by atoms with E-state index < -0.39 is 82.7 Å². The number of carbonyl (C=O) groups excluding carboxylic acids is 5. The first-order valence-electron chi connectivity index (χ1n) is 13.0. The van der Waals surface area contributed by atoms with Crippen LogP contribution in [-0.4, -0.2) is 111 Å². The van der Waals surface area contributed by atoms with E-state index in [1.54, 1.807) is 20.8 Å². The molecule has 0 aromatic carbocycles. The largest absolute Gasteiger partial charge is 0.479 e. The Bertz CT molecular complexity index is 937. The van der Waals surface area contributed by atoms with Crippen LogP contribution in [0.2, 0.25) is 0 Å². The lowest BCUT2D eigenvalue weighted by atomic mass is 9.72. The first-order valence-corrected chi connectivity index (χ1v) is 13.0. The minimum atomic E-state index is -3.61. The molecule has 0 aliphatic rings. The molecule has 7 N–H and O–H groups in total. The third-order valence-corrected chi connectivity index (χ3v) is 7.32. The second-order valence-electron chi connectivity index (χ2n) is 10.2. The Morgan fingerprint density at radius 2 is 1.33 bits per heavy atom. The normalized spacial score (nSPS) is 19.4. The molecule has 0 saturated heterocycles. The molecule has 13 heteroatoms. The van der Waals surface area contributed by atoms with Crippen LogP contribution in [0.25, 0.3) is 0 Å². The van der Waals surface area contributed by atoms with Crippen LogP contribution in [0.5, 0.6) is 0 Å². The van der Waals surface area contributed by atoms with Crippen molar-refractivity contribution in [3.05, 3.63) is 0 Å². The molecule has 0 amide bonds. The number of likely N-dealkylation sites (N-methyl/N-ethyl adjacent to an activating group) is 3. The van der Waals surface area contributed by atoms with Crippen LogP contribution < -0.4 is 16.0 Å². The van der Waals surface area contributed by atoms with E-state index in [0.717, 1.165) is 6.92 Å². The molecule has 224 valence electrons. The van der Waals surface area contributed by atoms with E-state index in [9.17, 15) is 49.2 Å². The number of rotatable bonds is 20. The number of nitrogens with one attached hydrogen (secondary N) is 3. The summed E-state index contributed by atoms with van der Waals surface area (Å²) in [5.74, 6) is -9.31. The highest BCUT2D eigenvalue weighted by Gasteiger charge is 2.61. The van der Waals surface area contributed by atoms with E-state index in [1.165, 1.54) is 28.1 Å². The molecule has 0 aromatic rings. The molecule has 0 saturated carbocycles. The molecule has 13 nitrogen and oxygen atoms in total. The Morgan fingerprint density at radius 1 is 0.795 bits per heavy atom. The molecule has 4 unspecified atom stereocenters. The zero-order valence-corrected chi connectivity index (χ0v) is 24.1. The second-order valence-corrected chi connectivity index (χ2v) is 10.2. The fourth-order valence-electron chi connectivity index (χ4n) is 4.30. The Hall–Kier alpha value is -2.42. The number of aliphatic hydroxyl groups is 3. The smallest absolute Gasteiger partial charge is 0.344 e. The minimum absolute atomic E-state index is 0.237. The third-order valence-electron chi connectivity index (χ3n) is 7.32. The van der Waals surface area contributed by atoms with Crippen molar-refractivity contribution in [3.63, 3.8) is 0 Å². The summed E-state index contributed by atoms with van der Waals surface area (Å²) in [6.45, 7) is 7.26. The Labute approximate surface area is 229 Å². The SMILES string of the molecule is CCC[C@H](NC)C(=O)C(C)(O)C(=O)CC(O)(C(=O)[C@H](C)NC)C(=O)C(O)(CC(=O)[C@@H](NC)C(C)CC)C(=O)O. The summed E-state index contributed by atoms with van der Waals surface area (Å²) < 4.78 is 0. The van der Waals surface area contributed by atoms with Gasteiger partial charge in [0.2, 0.25) is 11.4 Å². The number of carboxylic acids is 1. The Morgan fingerprint density at radius 3 is 1.72 bits per heavy atom. The maximum absolute atomic E-state index is 13.6. The van der Waals surface area contributed by atoms with Crippen LogP contribution >= 0.6 is 0 Å². The van der Waals surface area contributed by atoms with Gasteiger partial charge in [-0.25, -0.2) is 4.79 Å². The lowest BCUT2D eigenvalue weighted by molar-refractivity contribution is -0.181. The fourth-order valence-corrected chi connectivity index (χ4v) is 4.30. The Kier molecular flexibility index (Phi) is 13.9. The number of carboxylic acid groups (broad SMARTS) is 1. The molecule has 7 atom stereocenters. The lowest BCUT2D eigenvalue weighted by Crippen LogP contribution is -2.66. The van der Waals surface area contributed by atoms with E-state index in [4.69, 9.17) is 0 Å². The van der Waals surface area contributed by atoms with Crippen LogP contribution in [0.3, 0.4) is 0 Å². The molecule has 39 heavy (non-hydrogen) atoms. The van der Waals surface area contributed by atoms with Gasteiger partial charge in [-0.15, -0.1) is 0 Å². The van der Waals surface area contributed by atoms with Gasteiger partial charge in [-0.2, -0.15) is 0 Å². The van der Waals surface area contributed by atoms with Crippen molar-refractivity contribution in [3.8, 4) is 0 Å². The molecular formula is C26H45N3O10. The van der Waals surface area contributed by atoms with Crippen molar-refractivity contribution >= 4 is 34.9 Å². The van der Waals surface area contributed by atoms with E-state index in [0.29, 0.717) is 12.8 Å². The highest BCUT2D eigenvalue weighted by atomic mass is 16.4. The first kappa shape index (κ1) is 36.6. The molecule has 0 aliphatic heterocycles. The standard InChI is InChI=1S/C26H45N3O10/c1-9-11-16(28-7)21(33)24(5,37)18(31)13-25(38,20(32)15(4)27-6)22(34)26(39,23(35)36)12-17(30)19(29-8)14(3)10-2/h14-16,19,27-29,37-39H,9-13H2,1-8H3,(H,35,36)/t14?,15-,16-,19-,24?,25?,26?/m0/s1. The summed E-state index contributed by atoms with van der Waals surface area (Å²) in [4.78, 5) is 78.0. The molecule has 0 heterocycles. The van der Waals surface area contributed by atoms with Crippen molar-refractivity contribution in [2.24, 2.45) is 5.92 Å². The highest BCUT2D eigenvalue weighted by molar-refractivity contribution is 6.25. The van der Waals surface area contributed by atoms with Crippen LogP contribution in [-0.2, 0) is 28.8 Å². The van der Waals surface area contributed by atoms with E-state index >= 15 is 0 Å². The number of carbonyl (C=O) groups is 6. The molecule has 0 aliphatic carbocycles. The molecule has 0 bridgehead atoms. The van der Waals surface area contributed by atoms with Gasteiger partial charge in [-0.05, 0) is 47.3 Å². The van der Waals surface area contributed by atoms with Crippen molar-refractivity contribution in [1.82, 2.24) is 16.0 Å². The lowest BCUT2D eigenvalue weighted by Gasteiger charge is -2.35. The third kappa shape index (κ3) is 8.05. The van der Waals surface area contributed by atoms with E-state index in [-0.39, 0.29) is 12.3 Å². The van der Waals surface area contributed by atoms with Crippen LogP contribution in [0.4, 0.5) is 0 Å². The van der Waals surface area contributed by atoms with Gasteiger partial charge in [0.25, 0.3) is 0 Å². The van der Waals surface area contributed by atoms with Crippen molar-refractivity contribution in [2.75, 3.05) is 21.1 Å². The molecule has 0 rings (SSSR count). The topological polar surface area (TPSA) is 219 Å². The van der Waals surface area contributed by atoms with Crippen molar-refractivity contribution < 1.29 is 49.2 Å². The summed E-state index contributed by atoms with van der Waals surface area (Å²) >= 11 is 0. The number of Topliss-reactive ketones (excluding diaryl/α,β-unsaturated/α-hetero) is 5. The molecule has 0 aromatic heterocycles. The van der Waals surface area contributed by atoms with E-state index in [2.05, 4.69) is 16.0 Å². The molecule has 0 radical (unpaired) electrons. The van der Waals surface area contributed by atoms with Crippen molar-refractivity contribution in [2.45, 2.75) is 102 Å².